The van der Waals surface area contributed by atoms with Crippen LogP contribution in [0.2, 0.25) is 0 Å². The predicted octanol–water partition coefficient (Wildman–Crippen LogP) is 12.3. The lowest BCUT2D eigenvalue weighted by Crippen LogP contribution is -2.24. The van der Waals surface area contributed by atoms with Gasteiger partial charge in [0.25, 0.3) is 0 Å². The van der Waals surface area contributed by atoms with Crippen molar-refractivity contribution in [2.75, 3.05) is 19.6 Å². The van der Waals surface area contributed by atoms with Crippen LogP contribution < -0.4 is 0 Å². The molecule has 0 aromatic heterocycles. The van der Waals surface area contributed by atoms with Gasteiger partial charge >= 0.3 is 0 Å². The minimum atomic E-state index is -0.115. The van der Waals surface area contributed by atoms with Gasteiger partial charge in [-0.25, -0.2) is 0 Å². The molecule has 0 amide bonds. The van der Waals surface area contributed by atoms with Crippen molar-refractivity contribution in [1.82, 2.24) is 4.90 Å². The molecule has 0 heterocycles. The number of hydrogen-bond acceptors (Lipinski definition) is 4. The molecule has 0 bridgehead atoms. The van der Waals surface area contributed by atoms with Crippen LogP contribution in [0.3, 0.4) is 0 Å². The number of unbranched alkanes of at least 4 members (excludes halogenated alkanes) is 2. The van der Waals surface area contributed by atoms with E-state index in [1.807, 2.05) is 23.5 Å². The second-order valence-corrected chi connectivity index (χ2v) is 20.5. The van der Waals surface area contributed by atoms with E-state index in [9.17, 15) is 5.26 Å². The smallest absolute Gasteiger partial charge is 0.0997 e. The topological polar surface area (TPSA) is 27.0 Å². The fourth-order valence-electron chi connectivity index (χ4n) is 5.79. The highest BCUT2D eigenvalue weighted by molar-refractivity contribution is 8.18. The lowest BCUT2D eigenvalue weighted by molar-refractivity contribution is 0.293. The molecule has 0 aliphatic rings. The minimum Gasteiger partial charge on any atom is -0.304 e. The fraction of sp³-hybridized carbons (Fsp3) is 0.675. The van der Waals surface area contributed by atoms with Crippen LogP contribution in [0.5, 0.6) is 0 Å². The monoisotopic (exact) mass is 636 g/mol. The number of thioether (sulfide) groups is 2. The van der Waals surface area contributed by atoms with Gasteiger partial charge < -0.3 is 4.90 Å². The number of nitriles is 1. The standard InChI is InChI=1S/C40H64N2S2/c1-16-42(17-2)22-20-18-19-21-39(12,13)35-27-32(26-34(33(35)28-41)38(9,10)11)44-40(14,15)43-31-24-29(36(3,4)5)23-30(25-31)37(6,7)8/h23-27H,16-22H2,1-15H3. The van der Waals surface area contributed by atoms with Gasteiger partial charge in [-0.1, -0.05) is 109 Å². The van der Waals surface area contributed by atoms with Gasteiger partial charge in [-0.15, -0.1) is 23.5 Å². The summed E-state index contributed by atoms with van der Waals surface area (Å²) in [5.41, 5.74) is 6.04. The molecule has 2 rings (SSSR count). The molecule has 0 saturated heterocycles. The Morgan fingerprint density at radius 1 is 0.614 bits per heavy atom. The molecule has 0 fully saturated rings. The van der Waals surface area contributed by atoms with Crippen molar-refractivity contribution in [3.8, 4) is 6.07 Å². The summed E-state index contributed by atoms with van der Waals surface area (Å²) in [5.74, 6) is 0. The van der Waals surface area contributed by atoms with Crippen LogP contribution in [0.15, 0.2) is 40.1 Å². The summed E-state index contributed by atoms with van der Waals surface area (Å²) in [6.45, 7) is 37.9. The largest absolute Gasteiger partial charge is 0.304 e. The normalized spacial score (nSPS) is 13.4. The molecule has 0 aliphatic carbocycles. The highest BCUT2D eigenvalue weighted by atomic mass is 32.2. The number of rotatable bonds is 13. The Morgan fingerprint density at radius 3 is 1.52 bits per heavy atom. The molecule has 0 N–H and O–H groups in total. The van der Waals surface area contributed by atoms with Crippen LogP contribution in [0.25, 0.3) is 0 Å². The maximum absolute atomic E-state index is 10.5. The van der Waals surface area contributed by atoms with Gasteiger partial charge in [0.05, 0.1) is 15.7 Å². The molecule has 2 aromatic rings. The second kappa shape index (κ2) is 15.0. The Balaban J connectivity index is 2.45. The van der Waals surface area contributed by atoms with E-state index in [1.165, 1.54) is 57.9 Å². The van der Waals surface area contributed by atoms with Crippen molar-refractivity contribution in [2.45, 2.75) is 165 Å². The first-order valence-electron chi connectivity index (χ1n) is 16.9. The molecule has 0 unspecified atom stereocenters. The van der Waals surface area contributed by atoms with Crippen LogP contribution >= 0.6 is 23.5 Å². The molecule has 2 aromatic carbocycles. The summed E-state index contributed by atoms with van der Waals surface area (Å²) >= 11 is 3.89. The first-order valence-corrected chi connectivity index (χ1v) is 18.5. The maximum Gasteiger partial charge on any atom is 0.0997 e. The zero-order chi connectivity index (χ0) is 33.7. The first-order chi connectivity index (χ1) is 20.0. The van der Waals surface area contributed by atoms with Crippen molar-refractivity contribution in [3.63, 3.8) is 0 Å². The summed E-state index contributed by atoms with van der Waals surface area (Å²) < 4.78 is -0.0964. The molecule has 44 heavy (non-hydrogen) atoms. The summed E-state index contributed by atoms with van der Waals surface area (Å²) in [5, 5.41) is 10.5. The Bertz CT molecular complexity index is 1240. The van der Waals surface area contributed by atoms with E-state index in [2.05, 4.69) is 145 Å². The first kappa shape index (κ1) is 38.8. The third-order valence-corrected chi connectivity index (χ3v) is 11.2. The zero-order valence-electron chi connectivity index (χ0n) is 31.0. The molecule has 0 atom stereocenters. The Labute approximate surface area is 281 Å². The van der Waals surface area contributed by atoms with Crippen LogP contribution in [0.4, 0.5) is 0 Å². The van der Waals surface area contributed by atoms with E-state index in [1.54, 1.807) is 0 Å². The quantitative estimate of drug-likeness (QED) is 0.124. The molecule has 246 valence electrons. The van der Waals surface area contributed by atoms with Crippen molar-refractivity contribution in [1.29, 1.82) is 5.26 Å². The average Bonchev–Trinajstić information content (AvgIpc) is 2.88. The van der Waals surface area contributed by atoms with Gasteiger partial charge in [0, 0.05) is 9.79 Å². The number of nitrogens with zero attached hydrogens (tertiary/aromatic N) is 2. The summed E-state index contributed by atoms with van der Waals surface area (Å²) in [4.78, 5) is 5.10. The molecule has 0 aliphatic heterocycles. The van der Waals surface area contributed by atoms with Crippen LogP contribution in [0.1, 0.15) is 157 Å². The summed E-state index contributed by atoms with van der Waals surface area (Å²) in [6, 6.07) is 14.5. The molecule has 2 nitrogen and oxygen atoms in total. The second-order valence-electron chi connectivity index (χ2n) is 16.8. The van der Waals surface area contributed by atoms with Crippen molar-refractivity contribution >= 4 is 23.5 Å². The van der Waals surface area contributed by atoms with Crippen molar-refractivity contribution < 1.29 is 0 Å². The lowest BCUT2D eigenvalue weighted by atomic mass is 9.73. The van der Waals surface area contributed by atoms with Gasteiger partial charge in [-0.3, -0.25) is 0 Å². The van der Waals surface area contributed by atoms with E-state index >= 15 is 0 Å². The molecule has 4 heteroatoms. The Hall–Kier alpha value is -1.41. The highest BCUT2D eigenvalue weighted by Crippen LogP contribution is 2.49. The van der Waals surface area contributed by atoms with Gasteiger partial charge in [-0.2, -0.15) is 5.26 Å². The van der Waals surface area contributed by atoms with Gasteiger partial charge in [0.15, 0.2) is 0 Å². The van der Waals surface area contributed by atoms with Crippen molar-refractivity contribution in [3.05, 3.63) is 58.1 Å². The third kappa shape index (κ3) is 11.1. The molecule has 0 saturated carbocycles. The van der Waals surface area contributed by atoms with Gasteiger partial charge in [0.2, 0.25) is 0 Å². The van der Waals surface area contributed by atoms with E-state index in [0.717, 1.165) is 25.1 Å². The predicted molar refractivity (Wildman–Crippen MR) is 199 cm³/mol. The number of hydrogen-bond donors (Lipinski definition) is 0. The lowest BCUT2D eigenvalue weighted by Gasteiger charge is -2.33. The minimum absolute atomic E-state index is 0.0726. The third-order valence-electron chi connectivity index (χ3n) is 8.80. The van der Waals surface area contributed by atoms with E-state index in [0.29, 0.717) is 0 Å². The van der Waals surface area contributed by atoms with Gasteiger partial charge in [-0.05, 0) is 115 Å². The molecule has 0 radical (unpaired) electrons. The summed E-state index contributed by atoms with van der Waals surface area (Å²) in [7, 11) is 0. The fourth-order valence-corrected chi connectivity index (χ4v) is 8.39. The van der Waals surface area contributed by atoms with Crippen LogP contribution in [-0.4, -0.2) is 28.6 Å². The molecular weight excluding hydrogens is 573 g/mol. The van der Waals surface area contributed by atoms with Crippen LogP contribution in [0, 0.1) is 11.3 Å². The maximum atomic E-state index is 10.5. The highest BCUT2D eigenvalue weighted by Gasteiger charge is 2.31. The van der Waals surface area contributed by atoms with E-state index in [-0.39, 0.29) is 25.7 Å². The average molecular weight is 637 g/mol. The zero-order valence-corrected chi connectivity index (χ0v) is 32.7. The van der Waals surface area contributed by atoms with Crippen molar-refractivity contribution in [2.24, 2.45) is 0 Å². The SMILES string of the molecule is CCN(CC)CCCCCC(C)(C)c1cc(SC(C)(C)Sc2cc(C(C)(C)C)cc(C(C)(C)C)c2)cc(C(C)(C)C)c1C#N. The summed E-state index contributed by atoms with van der Waals surface area (Å²) in [6.07, 6.45) is 4.74. The van der Waals surface area contributed by atoms with Gasteiger partial charge in [0.1, 0.15) is 0 Å². The Kier molecular flexibility index (Phi) is 13.2. The van der Waals surface area contributed by atoms with Crippen LogP contribution in [-0.2, 0) is 21.7 Å². The number of benzene rings is 2. The Morgan fingerprint density at radius 2 is 1.09 bits per heavy atom. The molecular formula is C40H64N2S2. The van der Waals surface area contributed by atoms with E-state index in [4.69, 9.17) is 0 Å². The molecule has 0 spiro atoms. The van der Waals surface area contributed by atoms with E-state index < -0.39 is 0 Å².